The van der Waals surface area contributed by atoms with Gasteiger partial charge < -0.3 is 19.8 Å². The van der Waals surface area contributed by atoms with Crippen molar-refractivity contribution in [3.05, 3.63) is 0 Å². The van der Waals surface area contributed by atoms with E-state index in [0.717, 1.165) is 64.1 Å². The maximum absolute atomic E-state index is 12.6. The van der Waals surface area contributed by atoms with Gasteiger partial charge in [0.15, 0.2) is 0 Å². The highest BCUT2D eigenvalue weighted by molar-refractivity contribution is 5.87. The van der Waals surface area contributed by atoms with Crippen LogP contribution < -0.4 is 0 Å². The first-order valence-corrected chi connectivity index (χ1v) is 11.2. The molecule has 3 heterocycles. The number of rotatable bonds is 4. The van der Waals surface area contributed by atoms with E-state index in [2.05, 4.69) is 4.90 Å². The van der Waals surface area contributed by atoms with Crippen molar-refractivity contribution in [1.82, 2.24) is 14.7 Å². The van der Waals surface area contributed by atoms with Crippen LogP contribution in [0.4, 0.5) is 13.2 Å². The van der Waals surface area contributed by atoms with Crippen LogP contribution in [0.25, 0.3) is 0 Å². The lowest BCUT2D eigenvalue weighted by Gasteiger charge is -2.38. The normalized spacial score (nSPS) is 27.3. The van der Waals surface area contributed by atoms with E-state index >= 15 is 0 Å². The molecule has 0 aromatic rings. The Bertz CT molecular complexity index is 677. The summed E-state index contributed by atoms with van der Waals surface area (Å²) in [5.41, 5.74) is -0.0369. The molecule has 0 aromatic carbocycles. The topological polar surface area (TPSA) is 81.2 Å². The van der Waals surface area contributed by atoms with E-state index in [1.165, 1.54) is 25.9 Å². The largest absolute Gasteiger partial charge is 0.490 e. The van der Waals surface area contributed by atoms with Crippen molar-refractivity contribution in [2.24, 2.45) is 5.92 Å². The number of likely N-dealkylation sites (tertiary alicyclic amines) is 3. The molecule has 1 spiro atoms. The standard InChI is InChI=1S/C19H31N3O2.C2HF3O2/c23-17-6-8-19(22(17)15-18(24)21-11-1-2-12-21)7-3-10-20(13-9-19)14-16-4-5-16;3-2(4,5)1(6)7/h16H,1-15H2;(H,6,7). The monoisotopic (exact) mass is 447 g/mol. The number of carboxylic acids is 1. The Balaban J connectivity index is 0.000000339. The predicted molar refractivity (Wildman–Crippen MR) is 106 cm³/mol. The summed E-state index contributed by atoms with van der Waals surface area (Å²) in [6.07, 6.45) is 4.82. The van der Waals surface area contributed by atoms with Crippen molar-refractivity contribution in [1.29, 1.82) is 0 Å². The third kappa shape index (κ3) is 6.33. The molecule has 176 valence electrons. The molecule has 7 nitrogen and oxygen atoms in total. The summed E-state index contributed by atoms with van der Waals surface area (Å²) in [5.74, 6) is -1.45. The number of carbonyl (C=O) groups is 3. The molecule has 2 amide bonds. The lowest BCUT2D eigenvalue weighted by molar-refractivity contribution is -0.192. The summed E-state index contributed by atoms with van der Waals surface area (Å²) in [4.78, 5) is 40.6. The predicted octanol–water partition coefficient (Wildman–Crippen LogP) is 2.50. The van der Waals surface area contributed by atoms with E-state index in [9.17, 15) is 22.8 Å². The molecular weight excluding hydrogens is 415 g/mol. The summed E-state index contributed by atoms with van der Waals surface area (Å²) in [6, 6.07) is 0. The van der Waals surface area contributed by atoms with Crippen LogP contribution in [0.3, 0.4) is 0 Å². The molecule has 4 aliphatic rings. The lowest BCUT2D eigenvalue weighted by Crippen LogP contribution is -2.51. The first-order chi connectivity index (χ1) is 14.6. The average molecular weight is 447 g/mol. The van der Waals surface area contributed by atoms with Gasteiger partial charge in [-0.3, -0.25) is 9.59 Å². The van der Waals surface area contributed by atoms with Gasteiger partial charge in [-0.15, -0.1) is 0 Å². The van der Waals surface area contributed by atoms with Gasteiger partial charge in [0.1, 0.15) is 6.54 Å². The first-order valence-electron chi connectivity index (χ1n) is 11.2. The molecule has 31 heavy (non-hydrogen) atoms. The maximum atomic E-state index is 12.6. The Hall–Kier alpha value is -1.84. The van der Waals surface area contributed by atoms with Gasteiger partial charge in [0, 0.05) is 38.1 Å². The molecule has 0 radical (unpaired) electrons. The van der Waals surface area contributed by atoms with Crippen LogP contribution in [0, 0.1) is 5.92 Å². The highest BCUT2D eigenvalue weighted by Crippen LogP contribution is 2.40. The number of halogens is 3. The van der Waals surface area contributed by atoms with Crippen molar-refractivity contribution < 1.29 is 32.7 Å². The fourth-order valence-corrected chi connectivity index (χ4v) is 4.93. The summed E-state index contributed by atoms with van der Waals surface area (Å²) in [6.45, 7) is 5.59. The third-order valence-electron chi connectivity index (χ3n) is 6.90. The van der Waals surface area contributed by atoms with Crippen molar-refractivity contribution in [3.63, 3.8) is 0 Å². The Kier molecular flexibility index (Phi) is 7.49. The molecule has 0 aromatic heterocycles. The Morgan fingerprint density at radius 2 is 1.65 bits per heavy atom. The van der Waals surface area contributed by atoms with Crippen LogP contribution in [-0.4, -0.2) is 88.6 Å². The minimum absolute atomic E-state index is 0.0369. The fraction of sp³-hybridized carbons (Fsp3) is 0.857. The smallest absolute Gasteiger partial charge is 0.475 e. The van der Waals surface area contributed by atoms with Crippen molar-refractivity contribution in [3.8, 4) is 0 Å². The molecule has 3 saturated heterocycles. The zero-order chi connectivity index (χ0) is 22.6. The molecule has 10 heteroatoms. The molecule has 3 aliphatic heterocycles. The summed E-state index contributed by atoms with van der Waals surface area (Å²) >= 11 is 0. The number of carboxylic acid groups (broad SMARTS) is 1. The number of hydrogen-bond donors (Lipinski definition) is 1. The number of nitrogens with zero attached hydrogens (tertiary/aromatic N) is 3. The minimum Gasteiger partial charge on any atom is -0.475 e. The zero-order valence-corrected chi connectivity index (χ0v) is 17.8. The Labute approximate surface area is 180 Å². The average Bonchev–Trinajstić information content (AvgIpc) is 3.31. The second-order valence-corrected chi connectivity index (χ2v) is 9.19. The molecular formula is C21H32F3N3O4. The van der Waals surface area contributed by atoms with Gasteiger partial charge in [0.2, 0.25) is 11.8 Å². The number of amides is 2. The van der Waals surface area contributed by atoms with Crippen molar-refractivity contribution in [2.75, 3.05) is 39.3 Å². The lowest BCUT2D eigenvalue weighted by atomic mass is 9.87. The van der Waals surface area contributed by atoms with E-state index in [4.69, 9.17) is 9.90 Å². The fourth-order valence-electron chi connectivity index (χ4n) is 4.93. The van der Waals surface area contributed by atoms with Crippen LogP contribution >= 0.6 is 0 Å². The van der Waals surface area contributed by atoms with E-state index in [1.54, 1.807) is 0 Å². The molecule has 1 N–H and O–H groups in total. The SMILES string of the molecule is O=C(CN1C(=O)CCC12CCCN(CC1CC1)CC2)N1CCCC1.O=C(O)C(F)(F)F. The van der Waals surface area contributed by atoms with E-state index in [0.29, 0.717) is 13.0 Å². The summed E-state index contributed by atoms with van der Waals surface area (Å²) < 4.78 is 31.7. The van der Waals surface area contributed by atoms with Gasteiger partial charge >= 0.3 is 12.1 Å². The minimum atomic E-state index is -5.08. The second kappa shape index (κ2) is 9.75. The van der Waals surface area contributed by atoms with Crippen LogP contribution in [0.1, 0.15) is 57.8 Å². The molecule has 4 fully saturated rings. The first kappa shape index (κ1) is 23.8. The molecule has 4 rings (SSSR count). The number of alkyl halides is 3. The van der Waals surface area contributed by atoms with Gasteiger partial charge in [-0.1, -0.05) is 0 Å². The van der Waals surface area contributed by atoms with Crippen molar-refractivity contribution >= 4 is 17.8 Å². The Morgan fingerprint density at radius 1 is 1.00 bits per heavy atom. The maximum Gasteiger partial charge on any atom is 0.490 e. The van der Waals surface area contributed by atoms with E-state index in [1.807, 2.05) is 9.80 Å². The van der Waals surface area contributed by atoms with Crippen molar-refractivity contribution in [2.45, 2.75) is 69.5 Å². The number of aliphatic carboxylic acids is 1. The van der Waals surface area contributed by atoms with Gasteiger partial charge in [0.05, 0.1) is 0 Å². The number of carbonyl (C=O) groups excluding carboxylic acids is 2. The quantitative estimate of drug-likeness (QED) is 0.716. The van der Waals surface area contributed by atoms with E-state index < -0.39 is 12.1 Å². The molecule has 0 bridgehead atoms. The van der Waals surface area contributed by atoms with Crippen LogP contribution in [-0.2, 0) is 14.4 Å². The van der Waals surface area contributed by atoms with Gasteiger partial charge in [-0.2, -0.15) is 13.2 Å². The van der Waals surface area contributed by atoms with Crippen LogP contribution in [0.15, 0.2) is 0 Å². The highest BCUT2D eigenvalue weighted by Gasteiger charge is 2.47. The second-order valence-electron chi connectivity index (χ2n) is 9.19. The van der Waals surface area contributed by atoms with Crippen LogP contribution in [0.2, 0.25) is 0 Å². The summed E-state index contributed by atoms with van der Waals surface area (Å²) in [7, 11) is 0. The van der Waals surface area contributed by atoms with Crippen LogP contribution in [0.5, 0.6) is 0 Å². The van der Waals surface area contributed by atoms with Gasteiger partial charge in [-0.25, -0.2) is 4.79 Å². The molecule has 1 aliphatic carbocycles. The van der Waals surface area contributed by atoms with Gasteiger partial charge in [-0.05, 0) is 63.8 Å². The molecule has 1 saturated carbocycles. The summed E-state index contributed by atoms with van der Waals surface area (Å²) in [5, 5.41) is 7.12. The number of hydrogen-bond acceptors (Lipinski definition) is 4. The van der Waals surface area contributed by atoms with Gasteiger partial charge in [0.25, 0.3) is 0 Å². The zero-order valence-electron chi connectivity index (χ0n) is 17.8. The molecule has 1 unspecified atom stereocenters. The Morgan fingerprint density at radius 3 is 2.23 bits per heavy atom. The highest BCUT2D eigenvalue weighted by atomic mass is 19.4. The third-order valence-corrected chi connectivity index (χ3v) is 6.90. The molecule has 1 atom stereocenters. The van der Waals surface area contributed by atoms with E-state index in [-0.39, 0.29) is 17.4 Å².